The number of likely N-dealkylation sites (N-methyl/N-ethyl adjacent to an activating group) is 2. The zero-order valence-electron chi connectivity index (χ0n) is 26.8. The SMILES string of the molecule is Cc1cccc(N(C(=O)N(C)CC(=O)N(CC(=O)N(C)c2ccccc2)c2cccc(OCC(N)=O)c2)c2cc(C)cc(C)c2)c1. The van der Waals surface area contributed by atoms with Crippen molar-refractivity contribution in [3.8, 4) is 5.75 Å². The Balaban J connectivity index is 1.65. The lowest BCUT2D eigenvalue weighted by atomic mass is 10.1. The zero-order valence-corrected chi connectivity index (χ0v) is 26.8. The highest BCUT2D eigenvalue weighted by atomic mass is 16.5. The molecule has 10 heteroatoms. The quantitative estimate of drug-likeness (QED) is 0.242. The number of hydrogen-bond donors (Lipinski definition) is 1. The van der Waals surface area contributed by atoms with Crippen LogP contribution in [0, 0.1) is 20.8 Å². The van der Waals surface area contributed by atoms with Gasteiger partial charge in [0.05, 0.1) is 11.4 Å². The van der Waals surface area contributed by atoms with Crippen LogP contribution in [0.4, 0.5) is 27.5 Å². The first-order valence-electron chi connectivity index (χ1n) is 14.8. The van der Waals surface area contributed by atoms with E-state index in [1.165, 1.54) is 14.7 Å². The molecule has 0 aromatic heterocycles. The molecule has 0 bridgehead atoms. The van der Waals surface area contributed by atoms with E-state index in [4.69, 9.17) is 10.5 Å². The normalized spacial score (nSPS) is 10.5. The number of hydrogen-bond acceptors (Lipinski definition) is 5. The monoisotopic (exact) mass is 621 g/mol. The maximum absolute atomic E-state index is 14.1. The number of aryl methyl sites for hydroxylation is 3. The van der Waals surface area contributed by atoms with Crippen molar-refractivity contribution >= 4 is 46.5 Å². The van der Waals surface area contributed by atoms with E-state index in [-0.39, 0.29) is 25.6 Å². The van der Waals surface area contributed by atoms with Gasteiger partial charge >= 0.3 is 6.03 Å². The summed E-state index contributed by atoms with van der Waals surface area (Å²) in [5.41, 5.74) is 10.5. The van der Waals surface area contributed by atoms with Crippen LogP contribution in [0.25, 0.3) is 0 Å². The van der Waals surface area contributed by atoms with E-state index in [2.05, 4.69) is 0 Å². The molecule has 238 valence electrons. The molecule has 0 atom stereocenters. The molecule has 0 aliphatic carbocycles. The summed E-state index contributed by atoms with van der Waals surface area (Å²) in [6.07, 6.45) is 0. The van der Waals surface area contributed by atoms with Crippen molar-refractivity contribution < 1.29 is 23.9 Å². The van der Waals surface area contributed by atoms with Crippen LogP contribution in [-0.4, -0.2) is 62.4 Å². The number of rotatable bonds is 11. The van der Waals surface area contributed by atoms with E-state index in [0.29, 0.717) is 28.5 Å². The van der Waals surface area contributed by atoms with Gasteiger partial charge in [-0.15, -0.1) is 0 Å². The van der Waals surface area contributed by atoms with Crippen molar-refractivity contribution in [1.29, 1.82) is 0 Å². The Kier molecular flexibility index (Phi) is 10.8. The Hall–Kier alpha value is -5.64. The van der Waals surface area contributed by atoms with Gasteiger partial charge in [-0.3, -0.25) is 19.3 Å². The third-order valence-electron chi connectivity index (χ3n) is 7.24. The number of para-hydroxylation sites is 1. The Morgan fingerprint density at radius 3 is 1.89 bits per heavy atom. The highest BCUT2D eigenvalue weighted by Crippen LogP contribution is 2.30. The topological polar surface area (TPSA) is 116 Å². The number of urea groups is 1. The van der Waals surface area contributed by atoms with Crippen LogP contribution in [0.2, 0.25) is 0 Å². The first-order valence-corrected chi connectivity index (χ1v) is 14.8. The molecule has 0 unspecified atom stereocenters. The van der Waals surface area contributed by atoms with Crippen LogP contribution in [0.3, 0.4) is 0 Å². The van der Waals surface area contributed by atoms with Gasteiger partial charge in [0, 0.05) is 31.5 Å². The Bertz CT molecular complexity index is 1700. The van der Waals surface area contributed by atoms with E-state index in [9.17, 15) is 19.2 Å². The van der Waals surface area contributed by atoms with Crippen molar-refractivity contribution in [2.45, 2.75) is 20.8 Å². The minimum absolute atomic E-state index is 0.294. The van der Waals surface area contributed by atoms with E-state index in [1.54, 1.807) is 55.4 Å². The van der Waals surface area contributed by atoms with Crippen molar-refractivity contribution in [3.05, 3.63) is 114 Å². The maximum atomic E-state index is 14.1. The smallest absolute Gasteiger partial charge is 0.329 e. The summed E-state index contributed by atoms with van der Waals surface area (Å²) < 4.78 is 5.46. The number of anilines is 4. The summed E-state index contributed by atoms with van der Waals surface area (Å²) in [7, 11) is 3.18. The minimum Gasteiger partial charge on any atom is -0.484 e. The van der Waals surface area contributed by atoms with Gasteiger partial charge in [0.1, 0.15) is 18.8 Å². The second kappa shape index (κ2) is 14.9. The molecule has 2 N–H and O–H groups in total. The van der Waals surface area contributed by atoms with Gasteiger partial charge in [-0.2, -0.15) is 0 Å². The number of benzene rings is 4. The second-order valence-electron chi connectivity index (χ2n) is 11.2. The lowest BCUT2D eigenvalue weighted by molar-refractivity contribution is -0.122. The molecule has 0 aliphatic heterocycles. The Morgan fingerprint density at radius 1 is 0.630 bits per heavy atom. The number of carbonyl (C=O) groups is 4. The number of nitrogens with two attached hydrogens (primary N) is 1. The molecular formula is C36H39N5O5. The number of amides is 5. The third kappa shape index (κ3) is 8.50. The molecule has 0 spiro atoms. The van der Waals surface area contributed by atoms with Gasteiger partial charge in [-0.25, -0.2) is 4.79 Å². The van der Waals surface area contributed by atoms with Crippen LogP contribution in [0.5, 0.6) is 5.75 Å². The van der Waals surface area contributed by atoms with Gasteiger partial charge in [0.15, 0.2) is 6.61 Å². The largest absolute Gasteiger partial charge is 0.484 e. The molecule has 10 nitrogen and oxygen atoms in total. The van der Waals surface area contributed by atoms with Crippen LogP contribution < -0.4 is 25.2 Å². The molecule has 0 fully saturated rings. The molecule has 46 heavy (non-hydrogen) atoms. The van der Waals surface area contributed by atoms with Crippen molar-refractivity contribution in [1.82, 2.24) is 4.90 Å². The number of carbonyl (C=O) groups excluding carboxylic acids is 4. The van der Waals surface area contributed by atoms with Crippen LogP contribution in [0.15, 0.2) is 97.1 Å². The van der Waals surface area contributed by atoms with Crippen molar-refractivity contribution in [2.24, 2.45) is 5.73 Å². The molecular weight excluding hydrogens is 582 g/mol. The lowest BCUT2D eigenvalue weighted by Gasteiger charge is -2.31. The molecule has 0 saturated carbocycles. The predicted molar refractivity (Wildman–Crippen MR) is 181 cm³/mol. The molecule has 4 aromatic carbocycles. The number of ether oxygens (including phenoxy) is 1. The third-order valence-corrected chi connectivity index (χ3v) is 7.24. The molecule has 0 radical (unpaired) electrons. The summed E-state index contributed by atoms with van der Waals surface area (Å²) >= 11 is 0. The first kappa shape index (κ1) is 33.3. The van der Waals surface area contributed by atoms with Gasteiger partial charge in [0.25, 0.3) is 5.91 Å². The van der Waals surface area contributed by atoms with E-state index in [1.807, 2.05) is 81.4 Å². The predicted octanol–water partition coefficient (Wildman–Crippen LogP) is 5.36. The minimum atomic E-state index is -0.653. The molecule has 5 amide bonds. The van der Waals surface area contributed by atoms with Crippen molar-refractivity contribution in [3.63, 3.8) is 0 Å². The average Bonchev–Trinajstić information content (AvgIpc) is 3.02. The lowest BCUT2D eigenvalue weighted by Crippen LogP contribution is -2.48. The summed E-state index contributed by atoms with van der Waals surface area (Å²) in [6.45, 7) is 4.88. The molecule has 0 aliphatic rings. The summed E-state index contributed by atoms with van der Waals surface area (Å²) in [5.74, 6) is -1.21. The van der Waals surface area contributed by atoms with E-state index >= 15 is 0 Å². The number of nitrogens with zero attached hydrogens (tertiary/aromatic N) is 4. The molecule has 0 heterocycles. The van der Waals surface area contributed by atoms with Crippen LogP contribution in [-0.2, 0) is 14.4 Å². The van der Waals surface area contributed by atoms with Gasteiger partial charge < -0.3 is 25.2 Å². The average molecular weight is 622 g/mol. The summed E-state index contributed by atoms with van der Waals surface area (Å²) in [4.78, 5) is 58.6. The Labute approximate surface area is 269 Å². The fourth-order valence-electron chi connectivity index (χ4n) is 5.00. The standard InChI is InChI=1S/C36H39N5O5/c1-25-11-9-15-30(18-25)41(31-19-26(2)17-27(3)20-31)36(45)38(4)22-35(44)40(23-34(43)39(5)28-12-7-6-8-13-28)29-14-10-16-32(21-29)46-24-33(37)42/h6-21H,22-24H2,1-5H3,(H2,37,42). The number of primary amides is 1. The maximum Gasteiger partial charge on any atom is 0.329 e. The van der Waals surface area contributed by atoms with Crippen LogP contribution in [0.1, 0.15) is 16.7 Å². The summed E-state index contributed by atoms with van der Waals surface area (Å²) in [6, 6.07) is 28.6. The van der Waals surface area contributed by atoms with E-state index in [0.717, 1.165) is 16.7 Å². The highest BCUT2D eigenvalue weighted by Gasteiger charge is 2.28. The van der Waals surface area contributed by atoms with Crippen LogP contribution >= 0.6 is 0 Å². The molecule has 4 rings (SSSR count). The van der Waals surface area contributed by atoms with Gasteiger partial charge in [0.2, 0.25) is 11.8 Å². The molecule has 0 saturated heterocycles. The zero-order chi connectivity index (χ0) is 33.4. The van der Waals surface area contributed by atoms with Gasteiger partial charge in [-0.1, -0.05) is 42.5 Å². The van der Waals surface area contributed by atoms with Crippen molar-refractivity contribution in [2.75, 3.05) is 48.5 Å². The fourth-order valence-corrected chi connectivity index (χ4v) is 5.00. The first-order chi connectivity index (χ1) is 21.9. The summed E-state index contributed by atoms with van der Waals surface area (Å²) in [5, 5.41) is 0. The van der Waals surface area contributed by atoms with Gasteiger partial charge in [-0.05, 0) is 86.0 Å². The highest BCUT2D eigenvalue weighted by molar-refractivity contribution is 6.06. The Morgan fingerprint density at radius 2 is 1.24 bits per heavy atom. The molecule has 4 aromatic rings. The second-order valence-corrected chi connectivity index (χ2v) is 11.2. The fraction of sp³-hybridized carbons (Fsp3) is 0.222. The van der Waals surface area contributed by atoms with E-state index < -0.39 is 17.8 Å².